The Morgan fingerprint density at radius 1 is 1.09 bits per heavy atom. The van der Waals surface area contributed by atoms with Crippen LogP contribution >= 0.6 is 11.6 Å². The van der Waals surface area contributed by atoms with Gasteiger partial charge < -0.3 is 0 Å². The van der Waals surface area contributed by atoms with Crippen molar-refractivity contribution in [3.63, 3.8) is 0 Å². The van der Waals surface area contributed by atoms with Crippen molar-refractivity contribution in [2.24, 2.45) is 5.92 Å². The Morgan fingerprint density at radius 3 is 2.18 bits per heavy atom. The van der Waals surface area contributed by atoms with Crippen LogP contribution in [0.25, 0.3) is 0 Å². The molecule has 0 saturated carbocycles. The van der Waals surface area contributed by atoms with Gasteiger partial charge in [0.25, 0.3) is 0 Å². The normalized spacial score (nSPS) is 16.4. The molecule has 0 rings (SSSR count). The topological polar surface area (TPSA) is 0 Å². The van der Waals surface area contributed by atoms with Crippen LogP contribution < -0.4 is 0 Å². The molecule has 0 N–H and O–H groups in total. The summed E-state index contributed by atoms with van der Waals surface area (Å²) >= 11 is 6.08. The second-order valence-corrected chi connectivity index (χ2v) is 4.09. The number of hydrogen-bond acceptors (Lipinski definition) is 0. The van der Waals surface area contributed by atoms with Crippen molar-refractivity contribution in [1.29, 1.82) is 0 Å². The Bertz CT molecular complexity index is 80.9. The van der Waals surface area contributed by atoms with Gasteiger partial charge in [0.2, 0.25) is 0 Å². The highest BCUT2D eigenvalue weighted by Crippen LogP contribution is 2.17. The molecule has 0 spiro atoms. The van der Waals surface area contributed by atoms with E-state index in [1.165, 1.54) is 32.1 Å². The molecule has 0 radical (unpaired) electrons. The van der Waals surface area contributed by atoms with E-state index >= 15 is 0 Å². The first kappa shape index (κ1) is 11.3. The van der Waals surface area contributed by atoms with E-state index in [1.54, 1.807) is 0 Å². The number of halogens is 1. The van der Waals surface area contributed by atoms with Crippen LogP contribution in [0.1, 0.15) is 52.9 Å². The van der Waals surface area contributed by atoms with Crippen LogP contribution in [0.5, 0.6) is 0 Å². The van der Waals surface area contributed by atoms with Crippen LogP contribution in [0.15, 0.2) is 0 Å². The summed E-state index contributed by atoms with van der Waals surface area (Å²) in [7, 11) is 0. The molecule has 2 atom stereocenters. The van der Waals surface area contributed by atoms with E-state index in [9.17, 15) is 0 Å². The minimum Gasteiger partial charge on any atom is -0.123 e. The molecule has 68 valence electrons. The maximum atomic E-state index is 6.08. The first-order chi connectivity index (χ1) is 5.20. The summed E-state index contributed by atoms with van der Waals surface area (Å²) < 4.78 is 0. The van der Waals surface area contributed by atoms with Crippen LogP contribution in [0.2, 0.25) is 0 Å². The van der Waals surface area contributed by atoms with Crippen LogP contribution in [-0.2, 0) is 0 Å². The summed E-state index contributed by atoms with van der Waals surface area (Å²) in [5.74, 6) is 0.855. The number of alkyl halides is 1. The van der Waals surface area contributed by atoms with Crippen molar-refractivity contribution in [3.8, 4) is 0 Å². The van der Waals surface area contributed by atoms with Crippen LogP contribution in [0, 0.1) is 5.92 Å². The molecule has 0 amide bonds. The van der Waals surface area contributed by atoms with Crippen molar-refractivity contribution in [2.45, 2.75) is 58.3 Å². The SMILES string of the molecule is CCCC(Cl)CCC(C)CC. The molecule has 0 aliphatic rings. The Kier molecular flexibility index (Phi) is 7.15. The second-order valence-electron chi connectivity index (χ2n) is 3.48. The number of hydrogen-bond donors (Lipinski definition) is 0. The smallest absolute Gasteiger partial charge is 0.0336 e. The van der Waals surface area contributed by atoms with Crippen molar-refractivity contribution >= 4 is 11.6 Å². The van der Waals surface area contributed by atoms with Crippen LogP contribution in [0.4, 0.5) is 0 Å². The van der Waals surface area contributed by atoms with E-state index < -0.39 is 0 Å². The zero-order chi connectivity index (χ0) is 8.69. The van der Waals surface area contributed by atoms with Gasteiger partial charge in [-0.05, 0) is 25.2 Å². The summed E-state index contributed by atoms with van der Waals surface area (Å²) in [6.07, 6.45) is 6.18. The van der Waals surface area contributed by atoms with E-state index in [2.05, 4.69) is 20.8 Å². The van der Waals surface area contributed by atoms with E-state index in [0.29, 0.717) is 5.38 Å². The lowest BCUT2D eigenvalue weighted by Gasteiger charge is -2.11. The third kappa shape index (κ3) is 6.68. The summed E-state index contributed by atoms with van der Waals surface area (Å²) in [5, 5.41) is 0.425. The van der Waals surface area contributed by atoms with Crippen LogP contribution in [0.3, 0.4) is 0 Å². The molecule has 0 heterocycles. The highest BCUT2D eigenvalue weighted by atomic mass is 35.5. The Labute approximate surface area is 76.3 Å². The van der Waals surface area contributed by atoms with E-state index in [4.69, 9.17) is 11.6 Å². The van der Waals surface area contributed by atoms with Gasteiger partial charge in [0.1, 0.15) is 0 Å². The first-order valence-electron chi connectivity index (χ1n) is 4.84. The molecule has 0 aromatic carbocycles. The molecule has 0 fully saturated rings. The maximum Gasteiger partial charge on any atom is 0.0336 e. The molecule has 0 aromatic rings. The molecule has 2 unspecified atom stereocenters. The zero-order valence-corrected chi connectivity index (χ0v) is 8.82. The zero-order valence-electron chi connectivity index (χ0n) is 8.07. The van der Waals surface area contributed by atoms with Crippen LogP contribution in [-0.4, -0.2) is 5.38 Å². The average Bonchev–Trinajstić information content (AvgIpc) is 2.01. The monoisotopic (exact) mass is 176 g/mol. The van der Waals surface area contributed by atoms with Crippen molar-refractivity contribution in [2.75, 3.05) is 0 Å². The largest absolute Gasteiger partial charge is 0.123 e. The standard InChI is InChI=1S/C10H21Cl/c1-4-6-10(11)8-7-9(3)5-2/h9-10H,4-8H2,1-3H3. The minimum absolute atomic E-state index is 0.425. The molecule has 0 saturated heterocycles. The fraction of sp³-hybridized carbons (Fsp3) is 1.00. The van der Waals surface area contributed by atoms with Gasteiger partial charge in [-0.3, -0.25) is 0 Å². The van der Waals surface area contributed by atoms with Gasteiger partial charge in [-0.1, -0.05) is 33.6 Å². The minimum atomic E-state index is 0.425. The van der Waals surface area contributed by atoms with E-state index in [-0.39, 0.29) is 0 Å². The molecule has 11 heavy (non-hydrogen) atoms. The molecular weight excluding hydrogens is 156 g/mol. The summed E-state index contributed by atoms with van der Waals surface area (Å²) in [4.78, 5) is 0. The third-order valence-electron chi connectivity index (χ3n) is 2.27. The highest BCUT2D eigenvalue weighted by molar-refractivity contribution is 6.20. The van der Waals surface area contributed by atoms with E-state index in [1.807, 2.05) is 0 Å². The third-order valence-corrected chi connectivity index (χ3v) is 2.71. The van der Waals surface area contributed by atoms with Gasteiger partial charge in [0.05, 0.1) is 0 Å². The van der Waals surface area contributed by atoms with Crippen molar-refractivity contribution < 1.29 is 0 Å². The van der Waals surface area contributed by atoms with E-state index in [0.717, 1.165) is 5.92 Å². The van der Waals surface area contributed by atoms with Crippen molar-refractivity contribution in [1.82, 2.24) is 0 Å². The fourth-order valence-corrected chi connectivity index (χ4v) is 1.47. The molecule has 0 aliphatic carbocycles. The number of rotatable bonds is 6. The molecule has 0 aliphatic heterocycles. The molecule has 0 aromatic heterocycles. The predicted molar refractivity (Wildman–Crippen MR) is 53.2 cm³/mol. The maximum absolute atomic E-state index is 6.08. The Balaban J connectivity index is 3.22. The Hall–Kier alpha value is 0.290. The lowest BCUT2D eigenvalue weighted by molar-refractivity contribution is 0.480. The van der Waals surface area contributed by atoms with Gasteiger partial charge >= 0.3 is 0 Å². The lowest BCUT2D eigenvalue weighted by atomic mass is 10.0. The summed E-state index contributed by atoms with van der Waals surface area (Å²) in [6, 6.07) is 0. The fourth-order valence-electron chi connectivity index (χ4n) is 1.13. The highest BCUT2D eigenvalue weighted by Gasteiger charge is 2.05. The lowest BCUT2D eigenvalue weighted by Crippen LogP contribution is -2.01. The molecule has 0 bridgehead atoms. The van der Waals surface area contributed by atoms with Gasteiger partial charge in [-0.15, -0.1) is 11.6 Å². The van der Waals surface area contributed by atoms with Gasteiger partial charge in [0.15, 0.2) is 0 Å². The average molecular weight is 177 g/mol. The predicted octanol–water partition coefficient (Wildman–Crippen LogP) is 4.22. The quantitative estimate of drug-likeness (QED) is 0.532. The van der Waals surface area contributed by atoms with Crippen molar-refractivity contribution in [3.05, 3.63) is 0 Å². The summed E-state index contributed by atoms with van der Waals surface area (Å²) in [6.45, 7) is 6.74. The van der Waals surface area contributed by atoms with Gasteiger partial charge in [0, 0.05) is 5.38 Å². The molecule has 1 heteroatoms. The first-order valence-corrected chi connectivity index (χ1v) is 5.28. The summed E-state index contributed by atoms with van der Waals surface area (Å²) in [5.41, 5.74) is 0. The van der Waals surface area contributed by atoms with Gasteiger partial charge in [-0.2, -0.15) is 0 Å². The van der Waals surface area contributed by atoms with Gasteiger partial charge in [-0.25, -0.2) is 0 Å². The Morgan fingerprint density at radius 2 is 1.73 bits per heavy atom. The molecular formula is C10H21Cl. The molecule has 0 nitrogen and oxygen atoms in total. The second kappa shape index (κ2) is 6.97.